The van der Waals surface area contributed by atoms with E-state index in [1.54, 1.807) is 6.08 Å². The lowest BCUT2D eigenvalue weighted by Gasteiger charge is -2.02. The van der Waals surface area contributed by atoms with Gasteiger partial charge >= 0.3 is 0 Å². The fourth-order valence-electron chi connectivity index (χ4n) is 0.648. The highest BCUT2D eigenvalue weighted by molar-refractivity contribution is 5.75. The number of rotatable bonds is 6. The summed E-state index contributed by atoms with van der Waals surface area (Å²) < 4.78 is 0. The van der Waals surface area contributed by atoms with Crippen LogP contribution in [0.2, 0.25) is 0 Å². The zero-order chi connectivity index (χ0) is 8.53. The Kier molecular flexibility index (Phi) is 6.73. The van der Waals surface area contributed by atoms with Crippen LogP contribution in [0.4, 0.5) is 0 Å². The highest BCUT2D eigenvalue weighted by Gasteiger charge is 1.96. The highest BCUT2D eigenvalue weighted by atomic mass is 16.1. The Labute approximate surface area is 67.9 Å². The van der Waals surface area contributed by atoms with Gasteiger partial charge in [-0.3, -0.25) is 4.79 Å². The summed E-state index contributed by atoms with van der Waals surface area (Å²) >= 11 is 0. The van der Waals surface area contributed by atoms with Crippen molar-refractivity contribution in [2.45, 2.75) is 12.8 Å². The molecule has 64 valence electrons. The van der Waals surface area contributed by atoms with Gasteiger partial charge in [0, 0.05) is 19.5 Å². The molecule has 0 unspecified atom stereocenters. The Morgan fingerprint density at radius 1 is 1.55 bits per heavy atom. The first-order valence-electron chi connectivity index (χ1n) is 3.83. The summed E-state index contributed by atoms with van der Waals surface area (Å²) in [5.74, 6) is 0.0974. The lowest BCUT2D eigenvalue weighted by atomic mass is 10.3. The monoisotopic (exact) mass is 156 g/mol. The van der Waals surface area contributed by atoms with Crippen LogP contribution in [0.1, 0.15) is 12.8 Å². The van der Waals surface area contributed by atoms with E-state index in [-0.39, 0.29) is 5.91 Å². The number of hydrogen-bond acceptors (Lipinski definition) is 2. The number of likely N-dealkylation sites (N-methyl/N-ethyl adjacent to an activating group) is 1. The van der Waals surface area contributed by atoms with Crippen molar-refractivity contribution < 1.29 is 4.79 Å². The number of hydrogen-bond donors (Lipinski definition) is 2. The lowest BCUT2D eigenvalue weighted by molar-refractivity contribution is -0.120. The van der Waals surface area contributed by atoms with Gasteiger partial charge < -0.3 is 10.6 Å². The molecule has 0 rings (SSSR count). The van der Waals surface area contributed by atoms with E-state index in [1.165, 1.54) is 0 Å². The Morgan fingerprint density at radius 2 is 2.27 bits per heavy atom. The zero-order valence-electron chi connectivity index (χ0n) is 7.02. The molecule has 0 aliphatic heterocycles. The first kappa shape index (κ1) is 10.2. The molecule has 0 aromatic carbocycles. The van der Waals surface area contributed by atoms with Gasteiger partial charge in [0.25, 0.3) is 0 Å². The van der Waals surface area contributed by atoms with Gasteiger partial charge in [-0.2, -0.15) is 0 Å². The summed E-state index contributed by atoms with van der Waals surface area (Å²) in [6.07, 6.45) is 3.05. The molecule has 0 saturated carbocycles. The van der Waals surface area contributed by atoms with Crippen molar-refractivity contribution in [3.05, 3.63) is 12.7 Å². The molecule has 1 amide bonds. The molecule has 0 aromatic rings. The average Bonchev–Trinajstić information content (AvgIpc) is 2.01. The van der Waals surface area contributed by atoms with Crippen molar-refractivity contribution in [1.29, 1.82) is 0 Å². The van der Waals surface area contributed by atoms with Gasteiger partial charge in [0.05, 0.1) is 0 Å². The van der Waals surface area contributed by atoms with Crippen LogP contribution in [0.15, 0.2) is 12.7 Å². The molecule has 0 aliphatic carbocycles. The summed E-state index contributed by atoms with van der Waals surface area (Å²) in [6, 6.07) is 0. The molecule has 0 spiro atoms. The fraction of sp³-hybridized carbons (Fsp3) is 0.625. The van der Waals surface area contributed by atoms with Crippen LogP contribution < -0.4 is 10.6 Å². The molecular formula is C8H16N2O. The molecular weight excluding hydrogens is 140 g/mol. The fourth-order valence-corrected chi connectivity index (χ4v) is 0.648. The minimum atomic E-state index is 0.0974. The maximum atomic E-state index is 10.9. The SMILES string of the molecule is C=CCCC(=O)NCCNC. The molecule has 0 saturated heterocycles. The number of amides is 1. The normalized spacial score (nSPS) is 9.18. The molecule has 11 heavy (non-hydrogen) atoms. The van der Waals surface area contributed by atoms with Crippen LogP contribution >= 0.6 is 0 Å². The number of carbonyl (C=O) groups excluding carboxylic acids is 1. The second-order valence-electron chi connectivity index (χ2n) is 2.28. The maximum Gasteiger partial charge on any atom is 0.220 e. The van der Waals surface area contributed by atoms with E-state index < -0.39 is 0 Å². The van der Waals surface area contributed by atoms with Crippen LogP contribution in [0.5, 0.6) is 0 Å². The topological polar surface area (TPSA) is 41.1 Å². The predicted octanol–water partition coefficient (Wildman–Crippen LogP) is 0.288. The van der Waals surface area contributed by atoms with Gasteiger partial charge in [-0.1, -0.05) is 6.08 Å². The molecule has 0 aliphatic rings. The minimum Gasteiger partial charge on any atom is -0.355 e. The van der Waals surface area contributed by atoms with Gasteiger partial charge in [0.1, 0.15) is 0 Å². The highest BCUT2D eigenvalue weighted by Crippen LogP contribution is 1.87. The van der Waals surface area contributed by atoms with Crippen LogP contribution in [0.25, 0.3) is 0 Å². The van der Waals surface area contributed by atoms with Crippen molar-refractivity contribution in [3.8, 4) is 0 Å². The lowest BCUT2D eigenvalue weighted by Crippen LogP contribution is -2.30. The number of carbonyl (C=O) groups is 1. The molecule has 2 N–H and O–H groups in total. The quantitative estimate of drug-likeness (QED) is 0.428. The van der Waals surface area contributed by atoms with Crippen LogP contribution in [0, 0.1) is 0 Å². The number of allylic oxidation sites excluding steroid dienone is 1. The average molecular weight is 156 g/mol. The third-order valence-corrected chi connectivity index (χ3v) is 1.27. The number of nitrogens with one attached hydrogen (secondary N) is 2. The second kappa shape index (κ2) is 7.28. The van der Waals surface area contributed by atoms with Crippen LogP contribution in [-0.2, 0) is 4.79 Å². The Hall–Kier alpha value is -0.830. The molecule has 3 nitrogen and oxygen atoms in total. The third-order valence-electron chi connectivity index (χ3n) is 1.27. The van der Waals surface area contributed by atoms with Gasteiger partial charge in [-0.15, -0.1) is 6.58 Å². The Bertz CT molecular complexity index is 123. The molecule has 3 heteroatoms. The molecule has 0 aromatic heterocycles. The Morgan fingerprint density at radius 3 is 2.82 bits per heavy atom. The predicted molar refractivity (Wildman–Crippen MR) is 46.4 cm³/mol. The zero-order valence-corrected chi connectivity index (χ0v) is 7.02. The molecule has 0 radical (unpaired) electrons. The van der Waals surface area contributed by atoms with E-state index in [1.807, 2.05) is 7.05 Å². The standard InChI is InChI=1S/C8H16N2O/c1-3-4-5-8(11)10-7-6-9-2/h3,9H,1,4-7H2,2H3,(H,10,11). The van der Waals surface area contributed by atoms with Gasteiger partial charge in [0.2, 0.25) is 5.91 Å². The summed E-state index contributed by atoms with van der Waals surface area (Å²) in [6.45, 7) is 5.06. The molecule has 0 atom stereocenters. The van der Waals surface area contributed by atoms with E-state index in [0.29, 0.717) is 13.0 Å². The first-order valence-corrected chi connectivity index (χ1v) is 3.83. The minimum absolute atomic E-state index is 0.0974. The molecule has 0 fully saturated rings. The first-order chi connectivity index (χ1) is 5.31. The Balaban J connectivity index is 3.15. The summed E-state index contributed by atoms with van der Waals surface area (Å²) in [5.41, 5.74) is 0. The van der Waals surface area contributed by atoms with Crippen molar-refractivity contribution in [3.63, 3.8) is 0 Å². The van der Waals surface area contributed by atoms with Crippen LogP contribution in [0.3, 0.4) is 0 Å². The maximum absolute atomic E-state index is 10.9. The second-order valence-corrected chi connectivity index (χ2v) is 2.28. The van der Waals surface area contributed by atoms with Crippen LogP contribution in [-0.4, -0.2) is 26.0 Å². The van der Waals surface area contributed by atoms with E-state index in [0.717, 1.165) is 13.0 Å². The summed E-state index contributed by atoms with van der Waals surface area (Å²) in [4.78, 5) is 10.9. The molecule has 0 heterocycles. The van der Waals surface area contributed by atoms with Gasteiger partial charge in [0.15, 0.2) is 0 Å². The van der Waals surface area contributed by atoms with Gasteiger partial charge in [-0.05, 0) is 13.5 Å². The van der Waals surface area contributed by atoms with Gasteiger partial charge in [-0.25, -0.2) is 0 Å². The van der Waals surface area contributed by atoms with E-state index in [4.69, 9.17) is 0 Å². The van der Waals surface area contributed by atoms with E-state index >= 15 is 0 Å². The van der Waals surface area contributed by atoms with Crippen molar-refractivity contribution in [1.82, 2.24) is 10.6 Å². The van der Waals surface area contributed by atoms with Crippen molar-refractivity contribution in [2.75, 3.05) is 20.1 Å². The van der Waals surface area contributed by atoms with Crippen molar-refractivity contribution in [2.24, 2.45) is 0 Å². The molecule has 0 bridgehead atoms. The smallest absolute Gasteiger partial charge is 0.220 e. The van der Waals surface area contributed by atoms with E-state index in [2.05, 4.69) is 17.2 Å². The summed E-state index contributed by atoms with van der Waals surface area (Å²) in [5, 5.41) is 5.71. The summed E-state index contributed by atoms with van der Waals surface area (Å²) in [7, 11) is 1.86. The van der Waals surface area contributed by atoms with Crippen molar-refractivity contribution >= 4 is 5.91 Å². The third kappa shape index (κ3) is 7.06. The van der Waals surface area contributed by atoms with E-state index in [9.17, 15) is 4.79 Å². The largest absolute Gasteiger partial charge is 0.355 e.